The summed E-state index contributed by atoms with van der Waals surface area (Å²) in [4.78, 5) is 1.45. The van der Waals surface area contributed by atoms with E-state index in [2.05, 4.69) is 20.7 Å². The molecule has 6 nitrogen and oxygen atoms in total. The van der Waals surface area contributed by atoms with E-state index in [4.69, 9.17) is 5.73 Å². The molecule has 2 aromatic rings. The normalized spacial score (nSPS) is 12.6. The second-order valence-corrected chi connectivity index (χ2v) is 3.72. The van der Waals surface area contributed by atoms with Crippen LogP contribution in [-0.2, 0) is 7.05 Å². The van der Waals surface area contributed by atoms with Crippen molar-refractivity contribution < 1.29 is 0 Å². The zero-order valence-corrected chi connectivity index (χ0v) is 9.74. The lowest BCUT2D eigenvalue weighted by atomic mass is 10.1. The Morgan fingerprint density at radius 1 is 1.35 bits per heavy atom. The number of nitrogens with zero attached hydrogens (tertiary/aromatic N) is 4. The summed E-state index contributed by atoms with van der Waals surface area (Å²) in [6, 6.07) is 9.96. The Hall–Kier alpha value is -1.79. The smallest absolute Gasteiger partial charge is 0.196 e. The van der Waals surface area contributed by atoms with Crippen LogP contribution in [0.3, 0.4) is 0 Å². The van der Waals surface area contributed by atoms with Crippen LogP contribution in [0.15, 0.2) is 30.3 Å². The largest absolute Gasteiger partial charge is 0.329 e. The zero-order chi connectivity index (χ0) is 12.1. The van der Waals surface area contributed by atoms with Gasteiger partial charge in [0.05, 0.1) is 13.1 Å². The van der Waals surface area contributed by atoms with Gasteiger partial charge in [0.1, 0.15) is 0 Å². The van der Waals surface area contributed by atoms with E-state index >= 15 is 0 Å². The Morgan fingerprint density at radius 2 is 2.12 bits per heavy atom. The molecule has 0 amide bonds. The minimum atomic E-state index is -0.0616. The summed E-state index contributed by atoms with van der Waals surface area (Å²) in [5.74, 6) is 0.659. The molecule has 1 aromatic heterocycles. The van der Waals surface area contributed by atoms with E-state index in [1.54, 1.807) is 7.05 Å². The number of nitrogens with two attached hydrogens (primary N) is 1. The van der Waals surface area contributed by atoms with Gasteiger partial charge < -0.3 is 11.1 Å². The molecular formula is C11H16N6. The van der Waals surface area contributed by atoms with E-state index in [9.17, 15) is 0 Å². The van der Waals surface area contributed by atoms with Gasteiger partial charge in [0.15, 0.2) is 5.82 Å². The third-order valence-corrected chi connectivity index (χ3v) is 2.41. The summed E-state index contributed by atoms with van der Waals surface area (Å²) in [5, 5.41) is 15.4. The molecule has 1 unspecified atom stereocenters. The molecule has 0 spiro atoms. The molecule has 0 saturated carbocycles. The maximum atomic E-state index is 5.51. The minimum Gasteiger partial charge on any atom is -0.329 e. The Morgan fingerprint density at radius 3 is 2.71 bits per heavy atom. The number of tetrazole rings is 1. The molecule has 6 heteroatoms. The van der Waals surface area contributed by atoms with Crippen molar-refractivity contribution in [1.82, 2.24) is 25.5 Å². The first kappa shape index (κ1) is 11.7. The van der Waals surface area contributed by atoms with Gasteiger partial charge in [-0.3, -0.25) is 0 Å². The molecule has 0 aliphatic heterocycles. The Labute approximate surface area is 99.8 Å². The molecule has 0 radical (unpaired) electrons. The highest BCUT2D eigenvalue weighted by molar-refractivity contribution is 5.23. The van der Waals surface area contributed by atoms with Gasteiger partial charge in [0.25, 0.3) is 0 Å². The lowest BCUT2D eigenvalue weighted by Crippen LogP contribution is -2.28. The molecule has 90 valence electrons. The third-order valence-electron chi connectivity index (χ3n) is 2.41. The van der Waals surface area contributed by atoms with Gasteiger partial charge in [-0.1, -0.05) is 30.3 Å². The molecule has 1 heterocycles. The maximum Gasteiger partial charge on any atom is 0.196 e. The number of benzene rings is 1. The summed E-state index contributed by atoms with van der Waals surface area (Å²) in [6.07, 6.45) is 0. The van der Waals surface area contributed by atoms with Gasteiger partial charge in [0, 0.05) is 13.1 Å². The highest BCUT2D eigenvalue weighted by Crippen LogP contribution is 2.17. The molecule has 0 fully saturated rings. The van der Waals surface area contributed by atoms with Crippen LogP contribution in [0.4, 0.5) is 0 Å². The van der Waals surface area contributed by atoms with Crippen molar-refractivity contribution in [3.8, 4) is 0 Å². The summed E-state index contributed by atoms with van der Waals surface area (Å²) in [6.45, 7) is 1.28. The van der Waals surface area contributed by atoms with Crippen molar-refractivity contribution in [3.05, 3.63) is 41.7 Å². The van der Waals surface area contributed by atoms with Gasteiger partial charge in [-0.15, -0.1) is 10.2 Å². The fourth-order valence-electron chi connectivity index (χ4n) is 1.65. The number of aromatic nitrogens is 4. The van der Waals surface area contributed by atoms with Gasteiger partial charge in [-0.25, -0.2) is 0 Å². The van der Waals surface area contributed by atoms with E-state index < -0.39 is 0 Å². The standard InChI is InChI=1S/C11H16N6/c1-17-15-11(14-16-17)10(13-8-7-12)9-5-3-2-4-6-9/h2-6,10,13H,7-8,12H2,1H3. The monoisotopic (exact) mass is 232 g/mol. The van der Waals surface area contributed by atoms with E-state index in [1.807, 2.05) is 30.3 Å². The summed E-state index contributed by atoms with van der Waals surface area (Å²) < 4.78 is 0. The Kier molecular flexibility index (Phi) is 3.79. The Bertz CT molecular complexity index is 452. The van der Waals surface area contributed by atoms with E-state index in [0.717, 1.165) is 5.56 Å². The highest BCUT2D eigenvalue weighted by Gasteiger charge is 2.17. The van der Waals surface area contributed by atoms with Crippen molar-refractivity contribution in [2.45, 2.75) is 6.04 Å². The second kappa shape index (κ2) is 5.51. The first-order valence-corrected chi connectivity index (χ1v) is 5.53. The van der Waals surface area contributed by atoms with Crippen molar-refractivity contribution in [1.29, 1.82) is 0 Å². The second-order valence-electron chi connectivity index (χ2n) is 3.72. The lowest BCUT2D eigenvalue weighted by Gasteiger charge is -2.14. The number of rotatable bonds is 5. The van der Waals surface area contributed by atoms with Crippen LogP contribution >= 0.6 is 0 Å². The van der Waals surface area contributed by atoms with Crippen LogP contribution in [0, 0.1) is 0 Å². The van der Waals surface area contributed by atoms with Crippen molar-refractivity contribution in [3.63, 3.8) is 0 Å². The number of nitrogens with one attached hydrogen (secondary N) is 1. The van der Waals surface area contributed by atoms with E-state index in [0.29, 0.717) is 18.9 Å². The van der Waals surface area contributed by atoms with E-state index in [-0.39, 0.29) is 6.04 Å². The average molecular weight is 232 g/mol. The average Bonchev–Trinajstić information content (AvgIpc) is 2.78. The molecule has 0 bridgehead atoms. The molecule has 1 aromatic carbocycles. The number of aryl methyl sites for hydroxylation is 1. The SMILES string of the molecule is Cn1nnc(C(NCCN)c2ccccc2)n1. The van der Waals surface area contributed by atoms with Gasteiger partial charge in [-0.2, -0.15) is 4.80 Å². The topological polar surface area (TPSA) is 81.7 Å². The van der Waals surface area contributed by atoms with Crippen molar-refractivity contribution in [2.75, 3.05) is 13.1 Å². The van der Waals surface area contributed by atoms with Crippen LogP contribution in [0.25, 0.3) is 0 Å². The lowest BCUT2D eigenvalue weighted by molar-refractivity contribution is 0.574. The maximum absolute atomic E-state index is 5.51. The van der Waals surface area contributed by atoms with Crippen LogP contribution in [0.1, 0.15) is 17.4 Å². The number of hydrogen-bond donors (Lipinski definition) is 2. The van der Waals surface area contributed by atoms with Crippen molar-refractivity contribution in [2.24, 2.45) is 12.8 Å². The molecule has 2 rings (SSSR count). The number of hydrogen-bond acceptors (Lipinski definition) is 5. The van der Waals surface area contributed by atoms with Crippen LogP contribution in [0.5, 0.6) is 0 Å². The Balaban J connectivity index is 2.25. The molecule has 3 N–H and O–H groups in total. The molecule has 0 aliphatic carbocycles. The highest BCUT2D eigenvalue weighted by atomic mass is 15.6. The van der Waals surface area contributed by atoms with Crippen LogP contribution in [0.2, 0.25) is 0 Å². The molecule has 1 atom stereocenters. The van der Waals surface area contributed by atoms with Crippen LogP contribution in [-0.4, -0.2) is 33.3 Å². The first-order valence-electron chi connectivity index (χ1n) is 5.53. The summed E-state index contributed by atoms with van der Waals surface area (Å²) in [7, 11) is 1.75. The molecule has 0 saturated heterocycles. The zero-order valence-electron chi connectivity index (χ0n) is 9.74. The molecular weight excluding hydrogens is 216 g/mol. The fourth-order valence-corrected chi connectivity index (χ4v) is 1.65. The predicted molar refractivity (Wildman–Crippen MR) is 64.1 cm³/mol. The van der Waals surface area contributed by atoms with Gasteiger partial charge >= 0.3 is 0 Å². The predicted octanol–water partition coefficient (Wildman–Crippen LogP) is -0.152. The fraction of sp³-hybridized carbons (Fsp3) is 0.364. The summed E-state index contributed by atoms with van der Waals surface area (Å²) in [5.41, 5.74) is 6.62. The summed E-state index contributed by atoms with van der Waals surface area (Å²) >= 11 is 0. The van der Waals surface area contributed by atoms with E-state index in [1.165, 1.54) is 4.80 Å². The van der Waals surface area contributed by atoms with Gasteiger partial charge in [0.2, 0.25) is 0 Å². The van der Waals surface area contributed by atoms with Crippen LogP contribution < -0.4 is 11.1 Å². The van der Waals surface area contributed by atoms with Crippen molar-refractivity contribution >= 4 is 0 Å². The molecule has 0 aliphatic rings. The molecule has 17 heavy (non-hydrogen) atoms. The van der Waals surface area contributed by atoms with Gasteiger partial charge in [-0.05, 0) is 10.8 Å². The third kappa shape index (κ3) is 2.86. The quantitative estimate of drug-likeness (QED) is 0.749. The minimum absolute atomic E-state index is 0.0616. The first-order chi connectivity index (χ1) is 8.31.